The number of carboxylic acids is 2. The Hall–Kier alpha value is -1.73. The molecule has 0 saturated carbocycles. The van der Waals surface area contributed by atoms with Crippen molar-refractivity contribution in [1.82, 2.24) is 0 Å². The summed E-state index contributed by atoms with van der Waals surface area (Å²) in [7, 11) is 0. The van der Waals surface area contributed by atoms with Gasteiger partial charge in [-0.1, -0.05) is 0 Å². The summed E-state index contributed by atoms with van der Waals surface area (Å²) >= 11 is -2.51. The summed E-state index contributed by atoms with van der Waals surface area (Å²) in [6.07, 6.45) is -1.13. The van der Waals surface area contributed by atoms with Crippen LogP contribution in [-0.4, -0.2) is 35.1 Å². The fourth-order valence-electron chi connectivity index (χ4n) is 0.597. The average molecular weight is 528 g/mol. The van der Waals surface area contributed by atoms with E-state index in [0.717, 1.165) is 13.8 Å². The second-order valence-electron chi connectivity index (χ2n) is 3.26. The molecule has 0 unspecified atom stereocenters. The molecule has 0 saturated heterocycles. The molecule has 114 valence electrons. The molecule has 0 aromatic carbocycles. The van der Waals surface area contributed by atoms with E-state index in [1.54, 1.807) is 0 Å². The maximum absolute atomic E-state index is 10.1. The van der Waals surface area contributed by atoms with Crippen LogP contribution < -0.4 is 10.2 Å². The van der Waals surface area contributed by atoms with E-state index in [2.05, 4.69) is 0 Å². The molecule has 21 heavy (non-hydrogen) atoms. The summed E-state index contributed by atoms with van der Waals surface area (Å²) in [6, 6.07) is 0. The van der Waals surface area contributed by atoms with Gasteiger partial charge in [-0.05, 0) is 13.8 Å². The van der Waals surface area contributed by atoms with Gasteiger partial charge in [0.1, 0.15) is 23.5 Å². The van der Waals surface area contributed by atoms with Crippen LogP contribution in [0.5, 0.6) is 0 Å². The van der Waals surface area contributed by atoms with Gasteiger partial charge in [-0.15, -0.1) is 0 Å². The van der Waals surface area contributed by atoms with Gasteiger partial charge in [0.05, 0.1) is 12.8 Å². The van der Waals surface area contributed by atoms with Gasteiger partial charge in [-0.2, -0.15) is 0 Å². The van der Waals surface area contributed by atoms with Crippen molar-refractivity contribution in [3.8, 4) is 0 Å². The first kappa shape index (κ1) is 24.3. The predicted octanol–water partition coefficient (Wildman–Crippen LogP) is -3.67. The monoisotopic (exact) mass is 528 g/mol. The Bertz CT molecular complexity index is 434. The van der Waals surface area contributed by atoms with E-state index >= 15 is 0 Å². The van der Waals surface area contributed by atoms with Crippen LogP contribution in [0.25, 0.3) is 0 Å². The number of carboxylic acid groups (broad SMARTS) is 2. The molecule has 0 fully saturated rings. The molecule has 0 aliphatic heterocycles. The van der Waals surface area contributed by atoms with Crippen LogP contribution in [-0.2, 0) is 33.2 Å². The maximum atomic E-state index is 10.1. The Balaban J connectivity index is -0.000000260. The first-order valence-electron chi connectivity index (χ1n) is 4.96. The fraction of sp³-hybridized carbons (Fsp3) is 0.400. The van der Waals surface area contributed by atoms with Crippen molar-refractivity contribution < 1.29 is 71.3 Å². The second-order valence-corrected chi connectivity index (χ2v) is 3.96. The molecule has 0 atom stereocenters. The zero-order valence-corrected chi connectivity index (χ0v) is 15.2. The molecule has 11 heteroatoms. The van der Waals surface area contributed by atoms with Crippen LogP contribution in [0.4, 0.5) is 0 Å². The van der Waals surface area contributed by atoms with Gasteiger partial charge in [-0.3, -0.25) is 19.2 Å². The normalized spacial score (nSPS) is 7.71. The third-order valence-corrected chi connectivity index (χ3v) is 1.27. The molecule has 10 nitrogen and oxygen atoms in total. The summed E-state index contributed by atoms with van der Waals surface area (Å²) in [6.45, 7) is 2.28. The molecule has 0 aromatic rings. The van der Waals surface area contributed by atoms with Crippen molar-refractivity contribution in [2.75, 3.05) is 0 Å². The van der Waals surface area contributed by atoms with Gasteiger partial charge in [-0.25, -0.2) is 0 Å². The second kappa shape index (κ2) is 14.7. The van der Waals surface area contributed by atoms with Crippen molar-refractivity contribution in [2.24, 2.45) is 0 Å². The van der Waals surface area contributed by atoms with Crippen LogP contribution in [0.15, 0.2) is 0 Å². The summed E-state index contributed by atoms with van der Waals surface area (Å²) in [4.78, 5) is 59.5. The summed E-state index contributed by atoms with van der Waals surface area (Å²) in [5, 5.41) is 19.2. The molecule has 0 N–H and O–H groups in total. The molecule has 0 rings (SSSR count). The van der Waals surface area contributed by atoms with Gasteiger partial charge in [0.25, 0.3) is 0 Å². The van der Waals surface area contributed by atoms with E-state index in [1.807, 2.05) is 0 Å². The van der Waals surface area contributed by atoms with E-state index in [-0.39, 0.29) is 0 Å². The molecule has 0 bridgehead atoms. The van der Waals surface area contributed by atoms with E-state index in [1.165, 1.54) is 0 Å². The third kappa shape index (κ3) is 23.8. The van der Waals surface area contributed by atoms with Crippen molar-refractivity contribution in [2.45, 2.75) is 26.7 Å². The summed E-state index contributed by atoms with van der Waals surface area (Å²) in [5.74, 6) is -6.87. The van der Waals surface area contributed by atoms with Crippen molar-refractivity contribution in [1.29, 1.82) is 0 Å². The third-order valence-electron chi connectivity index (χ3n) is 1.27. The van der Waals surface area contributed by atoms with Gasteiger partial charge in [0, 0.05) is 0 Å². The molecule has 0 aromatic heterocycles. The molecular weight excluding hydrogens is 518 g/mol. The minimum atomic E-state index is -2.51. The van der Waals surface area contributed by atoms with Crippen LogP contribution in [0.1, 0.15) is 26.7 Å². The number of carbonyl (C=O) groups is 6. The summed E-state index contributed by atoms with van der Waals surface area (Å²) < 4.78 is 17.2. The van der Waals surface area contributed by atoms with Gasteiger partial charge in [0.2, 0.25) is 0 Å². The fourth-order valence-corrected chi connectivity index (χ4v) is 0.597. The SMILES string of the molecule is CC(=O)CC(=O)C(=O)[O-].CC(=O)CC(=O)C(=O)[O-].[O]=[U+2]=[O]. The molecule has 0 spiro atoms. The quantitative estimate of drug-likeness (QED) is 0.246. The van der Waals surface area contributed by atoms with Crippen LogP contribution in [0, 0.1) is 27.8 Å². The molecular formula is C10H10O10U. The standard InChI is InChI=1S/2C5H6O4.2O.U/c2*1-3(6)2-4(7)5(8)9;;;/h2*2H2,1H3,(H,8,9);;;/q;;;;+2/p-2. The van der Waals surface area contributed by atoms with Gasteiger partial charge >= 0.3 is 32.3 Å². The van der Waals surface area contributed by atoms with Gasteiger partial charge < -0.3 is 19.8 Å². The molecule has 0 radical (unpaired) electrons. The zero-order chi connectivity index (χ0) is 17.6. The van der Waals surface area contributed by atoms with E-state index < -0.39 is 75.7 Å². The Kier molecular flexibility index (Phi) is 17.0. The predicted molar refractivity (Wildman–Crippen MR) is 52.0 cm³/mol. The van der Waals surface area contributed by atoms with Crippen LogP contribution in [0.3, 0.4) is 0 Å². The number of carbonyl (C=O) groups excluding carboxylic acids is 6. The van der Waals surface area contributed by atoms with Crippen LogP contribution >= 0.6 is 0 Å². The number of hydrogen-bond donors (Lipinski definition) is 0. The Morgan fingerprint density at radius 1 is 0.714 bits per heavy atom. The van der Waals surface area contributed by atoms with Crippen molar-refractivity contribution >= 4 is 35.1 Å². The Morgan fingerprint density at radius 3 is 0.952 bits per heavy atom. The molecule has 0 aliphatic carbocycles. The van der Waals surface area contributed by atoms with E-state index in [9.17, 15) is 39.0 Å². The zero-order valence-electron chi connectivity index (χ0n) is 11.0. The molecule has 0 aliphatic rings. The first-order chi connectivity index (χ1) is 9.49. The first-order valence-corrected chi connectivity index (χ1v) is 8.36. The number of ketones is 4. The van der Waals surface area contributed by atoms with E-state index in [0.29, 0.717) is 0 Å². The number of hydrogen-bond acceptors (Lipinski definition) is 10. The average Bonchev–Trinajstić information content (AvgIpc) is 2.28. The topological polar surface area (TPSA) is 183 Å². The van der Waals surface area contributed by atoms with E-state index in [4.69, 9.17) is 4.47 Å². The number of Topliss-reactive ketones (excluding diaryl/α,β-unsaturated/α-hetero) is 4. The minimum absolute atomic E-state index is 0.468. The van der Waals surface area contributed by atoms with Gasteiger partial charge in [0.15, 0.2) is 11.6 Å². The van der Waals surface area contributed by atoms with Crippen LogP contribution in [0.2, 0.25) is 0 Å². The molecule has 0 amide bonds. The number of rotatable bonds is 6. The Morgan fingerprint density at radius 2 is 0.905 bits per heavy atom. The number of aliphatic carboxylic acids is 2. The Labute approximate surface area is 133 Å². The van der Waals surface area contributed by atoms with Crippen molar-refractivity contribution in [3.63, 3.8) is 0 Å². The molecule has 0 heterocycles. The van der Waals surface area contributed by atoms with Crippen molar-refractivity contribution in [3.05, 3.63) is 0 Å². The summed E-state index contributed by atoms with van der Waals surface area (Å²) in [5.41, 5.74) is 0.